The molecule has 0 fully saturated rings. The average molecular weight is 297 g/mol. The van der Waals surface area contributed by atoms with E-state index >= 15 is 0 Å². The van der Waals surface area contributed by atoms with Crippen LogP contribution in [-0.4, -0.2) is 0 Å². The first kappa shape index (κ1) is 14.0. The molecule has 3 heteroatoms. The van der Waals surface area contributed by atoms with Crippen LogP contribution in [0.25, 0.3) is 0 Å². The number of nitrogens with one attached hydrogen (secondary N) is 1. The summed E-state index contributed by atoms with van der Waals surface area (Å²) in [6, 6.07) is 18.3. The van der Waals surface area contributed by atoms with E-state index in [2.05, 4.69) is 29.6 Å². The molecule has 21 heavy (non-hydrogen) atoms. The number of rotatable bonds is 2. The van der Waals surface area contributed by atoms with Gasteiger partial charge in [-0.25, -0.2) is 0 Å². The molecule has 3 rings (SSSR count). The van der Waals surface area contributed by atoms with Crippen LogP contribution in [0.3, 0.4) is 0 Å². The minimum Gasteiger partial charge on any atom is -0.364 e. The van der Waals surface area contributed by atoms with Crippen LogP contribution >= 0.6 is 11.6 Å². The third kappa shape index (κ3) is 2.75. The summed E-state index contributed by atoms with van der Waals surface area (Å²) >= 11 is 5.94. The summed E-state index contributed by atoms with van der Waals surface area (Å²) in [4.78, 5) is 0. The Kier molecular flexibility index (Phi) is 3.86. The highest BCUT2D eigenvalue weighted by molar-refractivity contribution is 6.30. The highest BCUT2D eigenvalue weighted by Crippen LogP contribution is 2.36. The Labute approximate surface area is 130 Å². The molecule has 1 aliphatic rings. The fourth-order valence-corrected chi connectivity index (χ4v) is 3.17. The van der Waals surface area contributed by atoms with Gasteiger partial charge in [0.2, 0.25) is 0 Å². The Hall–Kier alpha value is -1.98. The molecule has 0 saturated carbocycles. The van der Waals surface area contributed by atoms with Gasteiger partial charge in [-0.1, -0.05) is 35.9 Å². The van der Waals surface area contributed by atoms with Crippen LogP contribution in [0.4, 0.5) is 5.69 Å². The van der Waals surface area contributed by atoms with Gasteiger partial charge in [0.05, 0.1) is 6.07 Å². The molecule has 2 aromatic carbocycles. The number of hydrogen-bond donors (Lipinski definition) is 1. The van der Waals surface area contributed by atoms with Crippen molar-refractivity contribution in [2.45, 2.75) is 31.2 Å². The first-order valence-corrected chi connectivity index (χ1v) is 7.65. The number of fused-ring (bicyclic) bond motifs is 1. The molecular formula is C18H17ClN2. The van der Waals surface area contributed by atoms with Gasteiger partial charge in [-0.05, 0) is 61.1 Å². The molecule has 0 bridgehead atoms. The van der Waals surface area contributed by atoms with Gasteiger partial charge in [0.25, 0.3) is 0 Å². The van der Waals surface area contributed by atoms with Crippen molar-refractivity contribution in [1.82, 2.24) is 0 Å². The van der Waals surface area contributed by atoms with Gasteiger partial charge < -0.3 is 5.32 Å². The van der Waals surface area contributed by atoms with E-state index in [0.29, 0.717) is 5.02 Å². The Morgan fingerprint density at radius 2 is 1.81 bits per heavy atom. The smallest absolute Gasteiger partial charge is 0.151 e. The van der Waals surface area contributed by atoms with E-state index in [1.54, 1.807) is 0 Å². The molecule has 2 aromatic rings. The lowest BCUT2D eigenvalue weighted by molar-refractivity contribution is 0.547. The van der Waals surface area contributed by atoms with Crippen LogP contribution in [0.5, 0.6) is 0 Å². The van der Waals surface area contributed by atoms with Crippen LogP contribution in [-0.2, 0) is 12.0 Å². The van der Waals surface area contributed by atoms with Crippen LogP contribution in [0, 0.1) is 11.3 Å². The van der Waals surface area contributed by atoms with Gasteiger partial charge >= 0.3 is 0 Å². The first-order valence-electron chi connectivity index (χ1n) is 7.27. The van der Waals surface area contributed by atoms with Crippen LogP contribution < -0.4 is 5.32 Å². The van der Waals surface area contributed by atoms with E-state index in [-0.39, 0.29) is 0 Å². The molecule has 0 saturated heterocycles. The van der Waals surface area contributed by atoms with Gasteiger partial charge in [0, 0.05) is 10.7 Å². The number of aryl methyl sites for hydroxylation is 1. The molecule has 106 valence electrons. The van der Waals surface area contributed by atoms with Crippen molar-refractivity contribution in [3.63, 3.8) is 0 Å². The van der Waals surface area contributed by atoms with Crippen molar-refractivity contribution >= 4 is 17.3 Å². The van der Waals surface area contributed by atoms with Crippen LogP contribution in [0.15, 0.2) is 48.5 Å². The van der Waals surface area contributed by atoms with E-state index in [1.807, 2.05) is 30.3 Å². The van der Waals surface area contributed by atoms with Crippen molar-refractivity contribution in [3.8, 4) is 6.07 Å². The monoisotopic (exact) mass is 296 g/mol. The lowest BCUT2D eigenvalue weighted by Gasteiger charge is -2.29. The summed E-state index contributed by atoms with van der Waals surface area (Å²) in [5, 5.41) is 14.0. The van der Waals surface area contributed by atoms with E-state index in [0.717, 1.165) is 36.9 Å². The Morgan fingerprint density at radius 1 is 1.05 bits per heavy atom. The maximum Gasteiger partial charge on any atom is 0.151 e. The molecule has 0 aromatic heterocycles. The van der Waals surface area contributed by atoms with Crippen molar-refractivity contribution < 1.29 is 0 Å². The maximum absolute atomic E-state index is 9.89. The molecule has 1 unspecified atom stereocenters. The Balaban J connectivity index is 2.03. The normalized spacial score (nSPS) is 21.0. The van der Waals surface area contributed by atoms with E-state index < -0.39 is 5.54 Å². The highest BCUT2D eigenvalue weighted by Gasteiger charge is 2.35. The van der Waals surface area contributed by atoms with Gasteiger partial charge in [0.15, 0.2) is 5.54 Å². The topological polar surface area (TPSA) is 35.8 Å². The Morgan fingerprint density at radius 3 is 2.57 bits per heavy atom. The number of hydrogen-bond acceptors (Lipinski definition) is 2. The second-order valence-electron chi connectivity index (χ2n) is 5.51. The fourth-order valence-electron chi connectivity index (χ4n) is 3.05. The molecule has 0 radical (unpaired) electrons. The highest BCUT2D eigenvalue weighted by atomic mass is 35.5. The number of benzene rings is 2. The quantitative estimate of drug-likeness (QED) is 0.800. The lowest BCUT2D eigenvalue weighted by Crippen LogP contribution is -2.34. The summed E-state index contributed by atoms with van der Waals surface area (Å²) in [6.07, 6.45) is 4.04. The molecular weight excluding hydrogens is 280 g/mol. The fraction of sp³-hybridized carbons (Fsp3) is 0.278. The third-order valence-electron chi connectivity index (χ3n) is 4.12. The number of nitrogens with zero attached hydrogens (tertiary/aromatic N) is 1. The maximum atomic E-state index is 9.89. The summed E-state index contributed by atoms with van der Waals surface area (Å²) < 4.78 is 0. The Bertz CT molecular complexity index is 672. The first-order chi connectivity index (χ1) is 10.2. The van der Waals surface area contributed by atoms with Crippen LogP contribution in [0.2, 0.25) is 5.02 Å². The molecule has 0 spiro atoms. The summed E-state index contributed by atoms with van der Waals surface area (Å²) in [5.41, 5.74) is 2.66. The SMILES string of the molecule is N#CC1(Nc2ccc(Cl)cc2)CCCCc2ccccc21. The predicted molar refractivity (Wildman–Crippen MR) is 86.4 cm³/mol. The molecule has 0 amide bonds. The molecule has 1 atom stereocenters. The molecule has 0 heterocycles. The largest absolute Gasteiger partial charge is 0.364 e. The minimum atomic E-state index is -0.652. The zero-order valence-corrected chi connectivity index (χ0v) is 12.5. The molecule has 1 aliphatic carbocycles. The third-order valence-corrected chi connectivity index (χ3v) is 4.37. The van der Waals surface area contributed by atoms with E-state index in [1.165, 1.54) is 5.56 Å². The second-order valence-corrected chi connectivity index (χ2v) is 5.95. The van der Waals surface area contributed by atoms with Crippen LogP contribution in [0.1, 0.15) is 30.4 Å². The van der Waals surface area contributed by atoms with Gasteiger partial charge in [-0.2, -0.15) is 5.26 Å². The summed E-state index contributed by atoms with van der Waals surface area (Å²) in [5.74, 6) is 0. The predicted octanol–water partition coefficient (Wildman–Crippen LogP) is 4.90. The standard InChI is InChI=1S/C18H17ClN2/c19-15-8-10-16(11-9-15)21-18(13-20)12-4-3-6-14-5-1-2-7-17(14)18/h1-2,5,7-11,21H,3-4,6,12H2. The molecule has 1 N–H and O–H groups in total. The van der Waals surface area contributed by atoms with Crippen molar-refractivity contribution in [3.05, 3.63) is 64.7 Å². The average Bonchev–Trinajstić information content (AvgIpc) is 2.70. The number of anilines is 1. The molecule has 0 aliphatic heterocycles. The minimum absolute atomic E-state index is 0.652. The second kappa shape index (κ2) is 5.79. The van der Waals surface area contributed by atoms with Gasteiger partial charge in [-0.15, -0.1) is 0 Å². The number of halogens is 1. The van der Waals surface area contributed by atoms with Gasteiger partial charge in [0.1, 0.15) is 0 Å². The zero-order chi connectivity index (χ0) is 14.7. The van der Waals surface area contributed by atoms with Crippen molar-refractivity contribution in [1.29, 1.82) is 5.26 Å². The summed E-state index contributed by atoms with van der Waals surface area (Å²) in [6.45, 7) is 0. The van der Waals surface area contributed by atoms with Crippen molar-refractivity contribution in [2.75, 3.05) is 5.32 Å². The van der Waals surface area contributed by atoms with Crippen molar-refractivity contribution in [2.24, 2.45) is 0 Å². The zero-order valence-electron chi connectivity index (χ0n) is 11.8. The van der Waals surface area contributed by atoms with E-state index in [4.69, 9.17) is 11.6 Å². The molecule has 2 nitrogen and oxygen atoms in total. The van der Waals surface area contributed by atoms with E-state index in [9.17, 15) is 5.26 Å². The van der Waals surface area contributed by atoms with Gasteiger partial charge in [-0.3, -0.25) is 0 Å². The lowest BCUT2D eigenvalue weighted by atomic mass is 9.85. The number of nitriles is 1. The summed E-state index contributed by atoms with van der Waals surface area (Å²) in [7, 11) is 0.